The van der Waals surface area contributed by atoms with E-state index in [-0.39, 0.29) is 12.3 Å². The van der Waals surface area contributed by atoms with Crippen molar-refractivity contribution < 1.29 is 14.2 Å². The Kier molecular flexibility index (Phi) is 5.40. The number of hydrogen-bond donors (Lipinski definition) is 0. The smallest absolute Gasteiger partial charge is 0.177 e. The summed E-state index contributed by atoms with van der Waals surface area (Å²) in [6.07, 6.45) is 10.1. The van der Waals surface area contributed by atoms with Crippen molar-refractivity contribution in [1.82, 2.24) is 24.5 Å². The Morgan fingerprint density at radius 2 is 1.91 bits per heavy atom. The molecule has 3 aromatic rings. The number of anilines is 2. The van der Waals surface area contributed by atoms with Crippen LogP contribution in [0.15, 0.2) is 24.5 Å². The van der Waals surface area contributed by atoms with Gasteiger partial charge in [0.25, 0.3) is 0 Å². The van der Waals surface area contributed by atoms with Crippen LogP contribution < -0.4 is 9.80 Å². The van der Waals surface area contributed by atoms with Crippen LogP contribution >= 0.6 is 0 Å². The van der Waals surface area contributed by atoms with Gasteiger partial charge in [0.15, 0.2) is 11.5 Å². The molecule has 0 aliphatic carbocycles. The van der Waals surface area contributed by atoms with Crippen LogP contribution in [-0.2, 0) is 14.2 Å². The number of aromatic nitrogens is 5. The van der Waals surface area contributed by atoms with E-state index in [1.807, 2.05) is 27.8 Å². The van der Waals surface area contributed by atoms with Crippen LogP contribution in [0.3, 0.4) is 0 Å². The number of ether oxygens (including phenoxy) is 3. The summed E-state index contributed by atoms with van der Waals surface area (Å²) in [4.78, 5) is 10.00. The summed E-state index contributed by atoms with van der Waals surface area (Å²) >= 11 is 0. The van der Waals surface area contributed by atoms with Gasteiger partial charge in [-0.05, 0) is 39.0 Å². The number of pyridine rings is 1. The molecule has 4 saturated heterocycles. The Balaban J connectivity index is 1.31. The van der Waals surface area contributed by atoms with Crippen molar-refractivity contribution in [2.75, 3.05) is 49.3 Å². The van der Waals surface area contributed by atoms with Crippen LogP contribution in [0.4, 0.5) is 11.5 Å². The van der Waals surface area contributed by atoms with E-state index in [9.17, 15) is 0 Å². The Hall–Kier alpha value is -2.69. The highest BCUT2D eigenvalue weighted by atomic mass is 16.5. The van der Waals surface area contributed by atoms with Crippen LogP contribution in [0.25, 0.3) is 16.9 Å². The quantitative estimate of drug-likeness (QED) is 0.565. The zero-order valence-corrected chi connectivity index (χ0v) is 20.3. The summed E-state index contributed by atoms with van der Waals surface area (Å²) in [6.45, 7) is 7.08. The van der Waals surface area contributed by atoms with Gasteiger partial charge in [-0.1, -0.05) is 0 Å². The molecule has 4 aliphatic heterocycles. The summed E-state index contributed by atoms with van der Waals surface area (Å²) in [7, 11) is 0. The van der Waals surface area contributed by atoms with E-state index in [4.69, 9.17) is 29.4 Å². The molecule has 0 radical (unpaired) electrons. The van der Waals surface area contributed by atoms with Gasteiger partial charge in [0, 0.05) is 50.6 Å². The van der Waals surface area contributed by atoms with Crippen LogP contribution in [0.1, 0.15) is 45.3 Å². The molecular formula is C25H33N7O3. The topological polar surface area (TPSA) is 82.7 Å². The second kappa shape index (κ2) is 8.76. The zero-order chi connectivity index (χ0) is 23.4. The maximum atomic E-state index is 6.10. The van der Waals surface area contributed by atoms with Crippen LogP contribution in [-0.4, -0.2) is 82.2 Å². The lowest BCUT2D eigenvalue weighted by molar-refractivity contribution is -0.0395. The minimum atomic E-state index is -0.00330. The summed E-state index contributed by atoms with van der Waals surface area (Å²) in [6, 6.07) is 4.54. The molecule has 10 nitrogen and oxygen atoms in total. The van der Waals surface area contributed by atoms with Gasteiger partial charge in [0.05, 0.1) is 42.7 Å². The Morgan fingerprint density at radius 1 is 1.03 bits per heavy atom. The van der Waals surface area contributed by atoms with Gasteiger partial charge in [0.2, 0.25) is 0 Å². The average molecular weight is 480 g/mol. The SMILES string of the molecule is C[C@@H]1COCCN1c1cc(N2CC3CCC(C2)O3)nc2c1cnn2-c1ccn(C2CCCCO2)n1. The third-order valence-electron chi connectivity index (χ3n) is 7.81. The maximum Gasteiger partial charge on any atom is 0.177 e. The second-order valence-electron chi connectivity index (χ2n) is 10.2. The van der Waals surface area contributed by atoms with E-state index in [1.54, 1.807) is 0 Å². The molecule has 0 spiro atoms. The number of hydrogen-bond acceptors (Lipinski definition) is 8. The first-order valence-corrected chi connectivity index (χ1v) is 13.0. The highest BCUT2D eigenvalue weighted by Gasteiger charge is 2.35. The molecule has 3 aromatic heterocycles. The van der Waals surface area contributed by atoms with Crippen LogP contribution in [0.5, 0.6) is 0 Å². The van der Waals surface area contributed by atoms with Crippen LogP contribution in [0, 0.1) is 0 Å². The highest BCUT2D eigenvalue weighted by Crippen LogP contribution is 2.36. The first-order chi connectivity index (χ1) is 17.2. The molecule has 7 heterocycles. The number of fused-ring (bicyclic) bond motifs is 3. The molecule has 0 amide bonds. The Labute approximate surface area is 204 Å². The number of nitrogens with zero attached hydrogens (tertiary/aromatic N) is 7. The van der Waals surface area contributed by atoms with E-state index in [2.05, 4.69) is 22.8 Å². The fraction of sp³-hybridized carbons (Fsp3) is 0.640. The molecule has 0 N–H and O–H groups in total. The maximum absolute atomic E-state index is 6.10. The lowest BCUT2D eigenvalue weighted by Crippen LogP contribution is -2.45. The Morgan fingerprint density at radius 3 is 2.71 bits per heavy atom. The largest absolute Gasteiger partial charge is 0.377 e. The van der Waals surface area contributed by atoms with Gasteiger partial charge in [-0.3, -0.25) is 0 Å². The monoisotopic (exact) mass is 479 g/mol. The normalized spacial score (nSPS) is 29.3. The van der Waals surface area contributed by atoms with Crippen molar-refractivity contribution in [3.05, 3.63) is 24.5 Å². The standard InChI is InChI=1S/C25H33N7O3/c1-17-16-33-11-9-30(17)21-12-23(29-14-18-5-6-19(15-29)35-18)27-25-20(21)13-26-32(25)22-7-8-31(28-22)24-4-2-3-10-34-24/h7-8,12-13,17-19,24H,2-6,9-11,14-16H2,1H3/t17-,18?,19?,24?/m1/s1. The third kappa shape index (κ3) is 3.88. The first-order valence-electron chi connectivity index (χ1n) is 13.0. The van der Waals surface area contributed by atoms with Crippen LogP contribution in [0.2, 0.25) is 0 Å². The lowest BCUT2D eigenvalue weighted by Gasteiger charge is -2.37. The molecule has 2 bridgehead atoms. The molecule has 0 aromatic carbocycles. The highest BCUT2D eigenvalue weighted by molar-refractivity contribution is 5.92. The van der Waals surface area contributed by atoms with Crippen molar-refractivity contribution in [2.24, 2.45) is 0 Å². The van der Waals surface area contributed by atoms with E-state index >= 15 is 0 Å². The third-order valence-corrected chi connectivity index (χ3v) is 7.81. The number of morpholine rings is 2. The average Bonchev–Trinajstić information content (AvgIpc) is 3.62. The zero-order valence-electron chi connectivity index (χ0n) is 20.3. The Bertz CT molecular complexity index is 1190. The molecule has 4 fully saturated rings. The molecule has 4 atom stereocenters. The molecule has 0 saturated carbocycles. The lowest BCUT2D eigenvalue weighted by atomic mass is 10.1. The number of rotatable bonds is 4. The molecule has 10 heteroatoms. The molecule has 35 heavy (non-hydrogen) atoms. The minimum absolute atomic E-state index is 0.00330. The van der Waals surface area contributed by atoms with Gasteiger partial charge >= 0.3 is 0 Å². The van der Waals surface area contributed by atoms with Gasteiger partial charge in [-0.25, -0.2) is 9.67 Å². The van der Waals surface area contributed by atoms with Gasteiger partial charge in [-0.15, -0.1) is 0 Å². The summed E-state index contributed by atoms with van der Waals surface area (Å²) in [5.74, 6) is 1.75. The molecule has 4 aliphatic rings. The summed E-state index contributed by atoms with van der Waals surface area (Å²) in [5, 5.41) is 10.7. The predicted octanol–water partition coefficient (Wildman–Crippen LogP) is 2.91. The van der Waals surface area contributed by atoms with E-state index < -0.39 is 0 Å². The van der Waals surface area contributed by atoms with Gasteiger partial charge < -0.3 is 24.0 Å². The van der Waals surface area contributed by atoms with Crippen molar-refractivity contribution in [2.45, 2.75) is 63.5 Å². The molecular weight excluding hydrogens is 446 g/mol. The fourth-order valence-electron chi connectivity index (χ4n) is 5.96. The summed E-state index contributed by atoms with van der Waals surface area (Å²) < 4.78 is 21.6. The fourth-order valence-corrected chi connectivity index (χ4v) is 5.96. The van der Waals surface area contributed by atoms with Gasteiger partial charge in [0.1, 0.15) is 12.0 Å². The second-order valence-corrected chi connectivity index (χ2v) is 10.2. The van der Waals surface area contributed by atoms with Crippen molar-refractivity contribution in [3.63, 3.8) is 0 Å². The molecule has 186 valence electrons. The summed E-state index contributed by atoms with van der Waals surface area (Å²) in [5.41, 5.74) is 2.01. The predicted molar refractivity (Wildman–Crippen MR) is 131 cm³/mol. The van der Waals surface area contributed by atoms with Crippen molar-refractivity contribution in [3.8, 4) is 5.82 Å². The van der Waals surface area contributed by atoms with Crippen molar-refractivity contribution >= 4 is 22.5 Å². The van der Waals surface area contributed by atoms with E-state index in [0.717, 1.165) is 94.2 Å². The minimum Gasteiger partial charge on any atom is -0.377 e. The van der Waals surface area contributed by atoms with Gasteiger partial charge in [-0.2, -0.15) is 14.9 Å². The van der Waals surface area contributed by atoms with E-state index in [0.29, 0.717) is 12.2 Å². The van der Waals surface area contributed by atoms with E-state index in [1.165, 1.54) is 5.69 Å². The van der Waals surface area contributed by atoms with Crippen molar-refractivity contribution in [1.29, 1.82) is 0 Å². The molecule has 3 unspecified atom stereocenters. The first kappa shape index (κ1) is 21.6. The molecule has 7 rings (SSSR count).